The van der Waals surface area contributed by atoms with Crippen molar-refractivity contribution in [2.45, 2.75) is 93.0 Å². The van der Waals surface area contributed by atoms with Gasteiger partial charge in [0.2, 0.25) is 0 Å². The second-order valence-electron chi connectivity index (χ2n) is 10.4. The molecule has 0 aromatic heterocycles. The molecule has 0 amide bonds. The molecule has 1 saturated heterocycles. The number of benzene rings is 2. The zero-order valence-corrected chi connectivity index (χ0v) is 25.7. The molecule has 1 aliphatic heterocycles. The molecule has 1 atom stereocenters. The molecule has 0 saturated carbocycles. The van der Waals surface area contributed by atoms with Crippen molar-refractivity contribution in [2.24, 2.45) is 11.8 Å². The number of aryl methyl sites for hydroxylation is 2. The predicted octanol–water partition coefficient (Wildman–Crippen LogP) is 10.1. The van der Waals surface area contributed by atoms with Crippen LogP contribution in [0.1, 0.15) is 102 Å². The third kappa shape index (κ3) is 12.2. The van der Waals surface area contributed by atoms with Gasteiger partial charge >= 0.3 is 0 Å². The lowest BCUT2D eigenvalue weighted by molar-refractivity contribution is 0.201. The SMILES string of the molecule is C=CCC1CCPCC1.CC.CCCc1ccc(C(c2ccc(C)cc2)N(CCC)CC(C)C)cc1. The van der Waals surface area contributed by atoms with Crippen molar-refractivity contribution in [3.63, 3.8) is 0 Å². The molecule has 0 aliphatic carbocycles. The van der Waals surface area contributed by atoms with Crippen LogP contribution in [0.3, 0.4) is 0 Å². The van der Waals surface area contributed by atoms with Crippen LogP contribution in [0.2, 0.25) is 0 Å². The first-order valence-electron chi connectivity index (χ1n) is 14.7. The van der Waals surface area contributed by atoms with E-state index in [1.54, 1.807) is 0 Å². The molecule has 36 heavy (non-hydrogen) atoms. The lowest BCUT2D eigenvalue weighted by atomic mass is 9.94. The third-order valence-corrected chi connectivity index (χ3v) is 7.95. The van der Waals surface area contributed by atoms with E-state index in [2.05, 4.69) is 101 Å². The smallest absolute Gasteiger partial charge is 0.0601 e. The van der Waals surface area contributed by atoms with Crippen LogP contribution in [0.5, 0.6) is 0 Å². The number of rotatable bonds is 11. The second-order valence-corrected chi connectivity index (χ2v) is 11.9. The molecular weight excluding hydrogens is 453 g/mol. The second kappa shape index (κ2) is 19.7. The zero-order chi connectivity index (χ0) is 26.8. The van der Waals surface area contributed by atoms with Crippen LogP contribution in [-0.4, -0.2) is 30.3 Å². The van der Waals surface area contributed by atoms with E-state index in [1.807, 2.05) is 13.8 Å². The zero-order valence-electron chi connectivity index (χ0n) is 24.7. The largest absolute Gasteiger partial charge is 0.292 e. The summed E-state index contributed by atoms with van der Waals surface area (Å²) in [5.41, 5.74) is 5.59. The molecule has 2 aromatic rings. The predicted molar refractivity (Wildman–Crippen MR) is 167 cm³/mol. The maximum absolute atomic E-state index is 3.76. The summed E-state index contributed by atoms with van der Waals surface area (Å²) in [6.45, 7) is 21.3. The highest BCUT2D eigenvalue weighted by atomic mass is 31.1. The Hall–Kier alpha value is -1.43. The maximum atomic E-state index is 3.76. The first kappa shape index (κ1) is 32.6. The fraction of sp³-hybridized carbons (Fsp3) is 0.588. The van der Waals surface area contributed by atoms with Gasteiger partial charge in [0, 0.05) is 6.54 Å². The van der Waals surface area contributed by atoms with Gasteiger partial charge in [-0.1, -0.05) is 108 Å². The summed E-state index contributed by atoms with van der Waals surface area (Å²) < 4.78 is 0. The number of nitrogens with zero attached hydrogens (tertiary/aromatic N) is 1. The van der Waals surface area contributed by atoms with Crippen LogP contribution >= 0.6 is 8.58 Å². The van der Waals surface area contributed by atoms with E-state index in [0.29, 0.717) is 12.0 Å². The first-order valence-corrected chi connectivity index (χ1v) is 16.1. The Morgan fingerprint density at radius 3 is 1.94 bits per heavy atom. The van der Waals surface area contributed by atoms with Crippen molar-refractivity contribution in [3.8, 4) is 0 Å². The maximum Gasteiger partial charge on any atom is 0.0601 e. The van der Waals surface area contributed by atoms with Crippen LogP contribution in [0.15, 0.2) is 61.2 Å². The van der Waals surface area contributed by atoms with Crippen molar-refractivity contribution in [3.05, 3.63) is 83.4 Å². The molecule has 0 spiro atoms. The highest BCUT2D eigenvalue weighted by molar-refractivity contribution is 7.38. The Morgan fingerprint density at radius 2 is 1.47 bits per heavy atom. The van der Waals surface area contributed by atoms with E-state index in [0.717, 1.165) is 19.0 Å². The van der Waals surface area contributed by atoms with Crippen molar-refractivity contribution in [1.82, 2.24) is 4.90 Å². The molecule has 1 unspecified atom stereocenters. The van der Waals surface area contributed by atoms with Gasteiger partial charge < -0.3 is 0 Å². The number of hydrogen-bond acceptors (Lipinski definition) is 1. The molecule has 0 N–H and O–H groups in total. The van der Waals surface area contributed by atoms with Crippen LogP contribution in [0, 0.1) is 18.8 Å². The average Bonchev–Trinajstić information content (AvgIpc) is 2.89. The van der Waals surface area contributed by atoms with Gasteiger partial charge in [0.05, 0.1) is 6.04 Å². The van der Waals surface area contributed by atoms with Crippen molar-refractivity contribution in [2.75, 3.05) is 25.4 Å². The van der Waals surface area contributed by atoms with Gasteiger partial charge in [0.1, 0.15) is 0 Å². The Morgan fingerprint density at radius 1 is 0.917 bits per heavy atom. The summed E-state index contributed by atoms with van der Waals surface area (Å²) in [6, 6.07) is 18.8. The first-order chi connectivity index (χ1) is 17.5. The average molecular weight is 510 g/mol. The highest BCUT2D eigenvalue weighted by Gasteiger charge is 2.22. The lowest BCUT2D eigenvalue weighted by Gasteiger charge is -2.34. The highest BCUT2D eigenvalue weighted by Crippen LogP contribution is 2.31. The molecule has 2 heteroatoms. The van der Waals surface area contributed by atoms with Gasteiger partial charge in [-0.25, -0.2) is 0 Å². The van der Waals surface area contributed by atoms with E-state index >= 15 is 0 Å². The van der Waals surface area contributed by atoms with Gasteiger partial charge in [-0.2, -0.15) is 0 Å². The summed E-state index contributed by atoms with van der Waals surface area (Å²) in [4.78, 5) is 2.66. The Kier molecular flexibility index (Phi) is 17.8. The fourth-order valence-electron chi connectivity index (χ4n) is 4.95. The minimum atomic E-state index is 0.346. The van der Waals surface area contributed by atoms with E-state index in [-0.39, 0.29) is 0 Å². The molecule has 1 aliphatic rings. The van der Waals surface area contributed by atoms with Gasteiger partial charge in [-0.15, -0.1) is 15.2 Å². The number of hydrogen-bond donors (Lipinski definition) is 0. The molecule has 0 radical (unpaired) electrons. The number of allylic oxidation sites excluding steroid dienone is 1. The van der Waals surface area contributed by atoms with Crippen molar-refractivity contribution < 1.29 is 0 Å². The minimum absolute atomic E-state index is 0.346. The summed E-state index contributed by atoms with van der Waals surface area (Å²) in [5.74, 6) is 1.66. The van der Waals surface area contributed by atoms with Gasteiger partial charge in [-0.05, 0) is 86.4 Å². The third-order valence-electron chi connectivity index (χ3n) is 6.66. The molecule has 0 bridgehead atoms. The van der Waals surface area contributed by atoms with E-state index in [4.69, 9.17) is 0 Å². The Bertz CT molecular complexity index is 787. The quantitative estimate of drug-likeness (QED) is 0.215. The molecular formula is C34H56NP. The van der Waals surface area contributed by atoms with Gasteiger partial charge in [-0.3, -0.25) is 4.90 Å². The van der Waals surface area contributed by atoms with Crippen molar-refractivity contribution in [1.29, 1.82) is 0 Å². The van der Waals surface area contributed by atoms with Crippen LogP contribution < -0.4 is 0 Å². The summed E-state index contributed by atoms with van der Waals surface area (Å²) in [5, 5.41) is 0. The fourth-order valence-corrected chi connectivity index (χ4v) is 6.43. The van der Waals surface area contributed by atoms with Crippen LogP contribution in [0.4, 0.5) is 0 Å². The molecule has 1 fully saturated rings. The normalized spacial score (nSPS) is 16.6. The minimum Gasteiger partial charge on any atom is -0.292 e. The van der Waals surface area contributed by atoms with Crippen LogP contribution in [0.25, 0.3) is 0 Å². The van der Waals surface area contributed by atoms with E-state index in [9.17, 15) is 0 Å². The Labute approximate surface area is 227 Å². The molecule has 3 rings (SSSR count). The van der Waals surface area contributed by atoms with Crippen LogP contribution in [-0.2, 0) is 6.42 Å². The molecule has 2 aromatic carbocycles. The summed E-state index contributed by atoms with van der Waals surface area (Å²) >= 11 is 0. The summed E-state index contributed by atoms with van der Waals surface area (Å²) in [6.07, 6.45) is 12.8. The van der Waals surface area contributed by atoms with Gasteiger partial charge in [0.15, 0.2) is 0 Å². The van der Waals surface area contributed by atoms with Crippen molar-refractivity contribution >= 4 is 8.58 Å². The monoisotopic (exact) mass is 509 g/mol. The molecule has 202 valence electrons. The lowest BCUT2D eigenvalue weighted by Crippen LogP contribution is -2.33. The topological polar surface area (TPSA) is 3.24 Å². The Balaban J connectivity index is 0.000000491. The van der Waals surface area contributed by atoms with Gasteiger partial charge in [0.25, 0.3) is 0 Å². The molecule has 1 heterocycles. The summed E-state index contributed by atoms with van der Waals surface area (Å²) in [7, 11) is 1.26. The van der Waals surface area contributed by atoms with E-state index in [1.165, 1.54) is 81.7 Å². The standard InChI is InChI=1S/C24H35N.C8H15P.C2H6/c1-6-8-21-11-15-23(16-12-21)24(22-13-9-20(5)10-14-22)25(17-7-2)18-19(3)4;1-2-3-8-4-6-9-7-5-8;1-2/h9-16,19,24H,6-8,17-18H2,1-5H3;2,8-9H,1,3-7H2;1-2H3. The molecule has 1 nitrogen and oxygen atoms in total. The van der Waals surface area contributed by atoms with E-state index < -0.39 is 0 Å².